The van der Waals surface area contributed by atoms with E-state index in [0.717, 1.165) is 5.56 Å². The Balaban J connectivity index is 1.55. The van der Waals surface area contributed by atoms with E-state index in [-0.39, 0.29) is 5.91 Å². The number of ether oxygens (including phenoxy) is 1. The molecule has 1 heterocycles. The Labute approximate surface area is 158 Å². The van der Waals surface area contributed by atoms with Crippen molar-refractivity contribution in [3.8, 4) is 5.75 Å². The molecule has 1 N–H and O–H groups in total. The second kappa shape index (κ2) is 8.42. The summed E-state index contributed by atoms with van der Waals surface area (Å²) in [5.74, 6) is -0.290. The zero-order valence-electron chi connectivity index (χ0n) is 13.4. The molecule has 3 rings (SSSR count). The van der Waals surface area contributed by atoms with Crippen molar-refractivity contribution in [2.24, 2.45) is 5.10 Å². The smallest absolute Gasteiger partial charge is 0.353 e. The molecule has 0 radical (unpaired) electrons. The summed E-state index contributed by atoms with van der Waals surface area (Å²) < 4.78 is 5.27. The molecule has 0 fully saturated rings. The molecule has 1 aromatic heterocycles. The zero-order valence-corrected chi connectivity index (χ0v) is 15.0. The monoisotopic (exact) mass is 384 g/mol. The van der Waals surface area contributed by atoms with Crippen LogP contribution in [0.2, 0.25) is 5.02 Å². The van der Waals surface area contributed by atoms with Crippen molar-refractivity contribution < 1.29 is 14.3 Å². The van der Waals surface area contributed by atoms with Gasteiger partial charge in [0.15, 0.2) is 0 Å². The molecule has 3 aromatic rings. The van der Waals surface area contributed by atoms with Gasteiger partial charge in [-0.15, -0.1) is 11.3 Å². The Bertz CT molecular complexity index is 920. The number of nitrogens with zero attached hydrogens (tertiary/aromatic N) is 1. The third-order valence-corrected chi connectivity index (χ3v) is 4.40. The average molecular weight is 385 g/mol. The molecular formula is C19H13ClN2O3S. The largest absolute Gasteiger partial charge is 0.422 e. The van der Waals surface area contributed by atoms with Gasteiger partial charge in [0.05, 0.1) is 6.21 Å². The summed E-state index contributed by atoms with van der Waals surface area (Å²) in [6, 6.07) is 16.8. The number of hydrogen-bond donors (Lipinski definition) is 1. The first-order valence-corrected chi connectivity index (χ1v) is 8.82. The number of rotatable bonds is 5. The Morgan fingerprint density at radius 3 is 2.42 bits per heavy atom. The maximum Gasteiger partial charge on any atom is 0.353 e. The number of nitrogens with one attached hydrogen (secondary N) is 1. The van der Waals surface area contributed by atoms with Crippen LogP contribution in [0.3, 0.4) is 0 Å². The van der Waals surface area contributed by atoms with Gasteiger partial charge in [-0.1, -0.05) is 17.7 Å². The summed E-state index contributed by atoms with van der Waals surface area (Å²) in [5, 5.41) is 6.28. The highest BCUT2D eigenvalue weighted by molar-refractivity contribution is 7.12. The van der Waals surface area contributed by atoms with E-state index in [0.29, 0.717) is 21.2 Å². The molecule has 5 nitrogen and oxygen atoms in total. The number of carbonyl (C=O) groups excluding carboxylic acids is 2. The minimum absolute atomic E-state index is 0.334. The van der Waals surface area contributed by atoms with E-state index >= 15 is 0 Å². The number of hydrogen-bond acceptors (Lipinski definition) is 5. The fourth-order valence-electron chi connectivity index (χ4n) is 2.01. The topological polar surface area (TPSA) is 67.8 Å². The van der Waals surface area contributed by atoms with Crippen molar-refractivity contribution in [2.45, 2.75) is 0 Å². The van der Waals surface area contributed by atoms with Crippen molar-refractivity contribution >= 4 is 41.0 Å². The average Bonchev–Trinajstić information content (AvgIpc) is 3.18. The highest BCUT2D eigenvalue weighted by Gasteiger charge is 2.09. The van der Waals surface area contributed by atoms with Crippen molar-refractivity contribution in [1.29, 1.82) is 0 Å². The molecule has 0 unspecified atom stereocenters. The standard InChI is InChI=1S/C19H13ClN2O3S/c20-15-7-5-14(6-8-15)18(23)22-21-12-13-3-9-16(10-4-13)25-19(24)17-2-1-11-26-17/h1-12H,(H,22,23). The highest BCUT2D eigenvalue weighted by atomic mass is 35.5. The van der Waals surface area contributed by atoms with Crippen LogP contribution in [0.15, 0.2) is 71.1 Å². The van der Waals surface area contributed by atoms with Gasteiger partial charge in [-0.3, -0.25) is 4.79 Å². The number of benzene rings is 2. The summed E-state index contributed by atoms with van der Waals surface area (Å²) in [6.45, 7) is 0. The van der Waals surface area contributed by atoms with E-state index in [4.69, 9.17) is 16.3 Å². The van der Waals surface area contributed by atoms with E-state index < -0.39 is 5.97 Å². The van der Waals surface area contributed by atoms with E-state index in [1.807, 2.05) is 5.38 Å². The predicted molar refractivity (Wildman–Crippen MR) is 102 cm³/mol. The van der Waals surface area contributed by atoms with Crippen LogP contribution in [0.25, 0.3) is 0 Å². The molecule has 0 aliphatic carbocycles. The molecule has 130 valence electrons. The van der Waals surface area contributed by atoms with Gasteiger partial charge in [0, 0.05) is 10.6 Å². The predicted octanol–water partition coefficient (Wildman–Crippen LogP) is 4.38. The summed E-state index contributed by atoms with van der Waals surface area (Å²) in [6.07, 6.45) is 1.50. The maximum atomic E-state index is 11.9. The first kappa shape index (κ1) is 17.8. The second-order valence-corrected chi connectivity index (χ2v) is 6.53. The minimum atomic E-state index is -0.392. The van der Waals surface area contributed by atoms with Crippen LogP contribution in [0.5, 0.6) is 5.75 Å². The first-order valence-electron chi connectivity index (χ1n) is 7.56. The highest BCUT2D eigenvalue weighted by Crippen LogP contribution is 2.16. The van der Waals surface area contributed by atoms with E-state index in [2.05, 4.69) is 10.5 Å². The lowest BCUT2D eigenvalue weighted by Gasteiger charge is -2.03. The van der Waals surface area contributed by atoms with Crippen LogP contribution in [-0.2, 0) is 0 Å². The lowest BCUT2D eigenvalue weighted by molar-refractivity contribution is 0.0739. The fraction of sp³-hybridized carbons (Fsp3) is 0. The van der Waals surface area contributed by atoms with Gasteiger partial charge < -0.3 is 4.74 Å². The van der Waals surface area contributed by atoms with Gasteiger partial charge in [-0.05, 0) is 65.5 Å². The molecule has 0 spiro atoms. The number of thiophene rings is 1. The van der Waals surface area contributed by atoms with Crippen LogP contribution in [0.4, 0.5) is 0 Å². The maximum absolute atomic E-state index is 11.9. The van der Waals surface area contributed by atoms with E-state index in [1.165, 1.54) is 17.6 Å². The van der Waals surface area contributed by atoms with Crippen LogP contribution >= 0.6 is 22.9 Å². The summed E-state index contributed by atoms with van der Waals surface area (Å²) in [4.78, 5) is 24.3. The van der Waals surface area contributed by atoms with Crippen LogP contribution in [0, 0.1) is 0 Å². The van der Waals surface area contributed by atoms with Crippen LogP contribution in [0.1, 0.15) is 25.6 Å². The molecule has 0 saturated carbocycles. The lowest BCUT2D eigenvalue weighted by Crippen LogP contribution is -2.17. The molecule has 1 amide bonds. The zero-order chi connectivity index (χ0) is 18.4. The first-order chi connectivity index (χ1) is 12.6. The van der Waals surface area contributed by atoms with Gasteiger partial charge in [0.1, 0.15) is 10.6 Å². The summed E-state index contributed by atoms with van der Waals surface area (Å²) in [7, 11) is 0. The normalized spacial score (nSPS) is 10.7. The quantitative estimate of drug-likeness (QED) is 0.307. The molecule has 0 aliphatic rings. The Morgan fingerprint density at radius 1 is 1.04 bits per heavy atom. The molecular weight excluding hydrogens is 372 g/mol. The molecule has 0 atom stereocenters. The Morgan fingerprint density at radius 2 is 1.77 bits per heavy atom. The third-order valence-electron chi connectivity index (χ3n) is 3.30. The van der Waals surface area contributed by atoms with Crippen molar-refractivity contribution in [3.05, 3.63) is 87.1 Å². The third kappa shape index (κ3) is 4.78. The van der Waals surface area contributed by atoms with E-state index in [1.54, 1.807) is 60.7 Å². The number of hydrazone groups is 1. The van der Waals surface area contributed by atoms with Crippen molar-refractivity contribution in [2.75, 3.05) is 0 Å². The fourth-order valence-corrected chi connectivity index (χ4v) is 2.73. The number of amides is 1. The second-order valence-electron chi connectivity index (χ2n) is 5.14. The molecule has 26 heavy (non-hydrogen) atoms. The SMILES string of the molecule is O=C(NN=Cc1ccc(OC(=O)c2cccs2)cc1)c1ccc(Cl)cc1. The lowest BCUT2D eigenvalue weighted by atomic mass is 10.2. The minimum Gasteiger partial charge on any atom is -0.422 e. The molecule has 0 aliphatic heterocycles. The molecule has 7 heteroatoms. The van der Waals surface area contributed by atoms with Gasteiger partial charge in [-0.2, -0.15) is 5.10 Å². The number of halogens is 1. The van der Waals surface area contributed by atoms with Gasteiger partial charge in [-0.25, -0.2) is 10.2 Å². The number of esters is 1. The van der Waals surface area contributed by atoms with Gasteiger partial charge in [0.2, 0.25) is 0 Å². The van der Waals surface area contributed by atoms with E-state index in [9.17, 15) is 9.59 Å². The van der Waals surface area contributed by atoms with Gasteiger partial charge in [0.25, 0.3) is 5.91 Å². The van der Waals surface area contributed by atoms with Crippen molar-refractivity contribution in [1.82, 2.24) is 5.43 Å². The van der Waals surface area contributed by atoms with Crippen LogP contribution < -0.4 is 10.2 Å². The summed E-state index contributed by atoms with van der Waals surface area (Å²) >= 11 is 7.10. The Kier molecular flexibility index (Phi) is 5.78. The van der Waals surface area contributed by atoms with Crippen LogP contribution in [-0.4, -0.2) is 18.1 Å². The molecule has 2 aromatic carbocycles. The number of carbonyl (C=O) groups is 2. The van der Waals surface area contributed by atoms with Crippen molar-refractivity contribution in [3.63, 3.8) is 0 Å². The van der Waals surface area contributed by atoms with Gasteiger partial charge >= 0.3 is 5.97 Å². The molecule has 0 bridgehead atoms. The Hall–Kier alpha value is -2.96. The summed E-state index contributed by atoms with van der Waals surface area (Å²) in [5.41, 5.74) is 3.64. The molecule has 0 saturated heterocycles.